The zero-order valence-corrected chi connectivity index (χ0v) is 17.0. The molecule has 0 saturated carbocycles. The molecule has 5 nitrogen and oxygen atoms in total. The Morgan fingerprint density at radius 2 is 1.59 bits per heavy atom. The molecule has 144 valence electrons. The molecule has 0 bridgehead atoms. The number of aryl methyl sites for hydroxylation is 4. The van der Waals surface area contributed by atoms with E-state index in [4.69, 9.17) is 0 Å². The van der Waals surface area contributed by atoms with Gasteiger partial charge in [0.2, 0.25) is 15.9 Å². The van der Waals surface area contributed by atoms with E-state index >= 15 is 0 Å². The normalized spacial score (nSPS) is 11.7. The fourth-order valence-corrected chi connectivity index (χ4v) is 4.04. The lowest BCUT2D eigenvalue weighted by molar-refractivity contribution is -0.116. The first kappa shape index (κ1) is 20.9. The minimum Gasteiger partial charge on any atom is -0.351 e. The molecule has 1 amide bonds. The largest absolute Gasteiger partial charge is 0.351 e. The average molecular weight is 387 g/mol. The van der Waals surface area contributed by atoms with Crippen molar-refractivity contribution in [3.8, 4) is 0 Å². The van der Waals surface area contributed by atoms with E-state index in [9.17, 15) is 13.2 Å². The van der Waals surface area contributed by atoms with E-state index in [0.717, 1.165) is 16.7 Å². The van der Waals surface area contributed by atoms with Crippen molar-refractivity contribution in [2.75, 3.05) is 13.1 Å². The van der Waals surface area contributed by atoms with Gasteiger partial charge in [-0.3, -0.25) is 4.79 Å². The summed E-state index contributed by atoms with van der Waals surface area (Å²) in [6, 6.07) is 11.3. The quantitative estimate of drug-likeness (QED) is 0.567. The van der Waals surface area contributed by atoms with Gasteiger partial charge in [0.05, 0.1) is 4.90 Å². The molecule has 0 aliphatic rings. The average Bonchev–Trinajstić information content (AvgIpc) is 2.60. The second-order valence-corrected chi connectivity index (χ2v) is 8.39. The summed E-state index contributed by atoms with van der Waals surface area (Å²) in [5, 5.41) is 2.68. The van der Waals surface area contributed by atoms with Gasteiger partial charge in [0.1, 0.15) is 0 Å². The molecule has 0 heterocycles. The Hall–Kier alpha value is -2.44. The summed E-state index contributed by atoms with van der Waals surface area (Å²) >= 11 is 0. The highest BCUT2D eigenvalue weighted by molar-refractivity contribution is 7.89. The van der Waals surface area contributed by atoms with Crippen LogP contribution in [0.15, 0.2) is 47.4 Å². The second-order valence-electron chi connectivity index (χ2n) is 6.65. The van der Waals surface area contributed by atoms with Crippen LogP contribution < -0.4 is 10.0 Å². The van der Waals surface area contributed by atoms with Crippen molar-refractivity contribution in [1.82, 2.24) is 10.0 Å². The highest BCUT2D eigenvalue weighted by Gasteiger charge is 2.16. The van der Waals surface area contributed by atoms with Crippen LogP contribution in [0, 0.1) is 27.7 Å². The third kappa shape index (κ3) is 6.05. The first-order valence-corrected chi connectivity index (χ1v) is 10.3. The maximum absolute atomic E-state index is 12.4. The summed E-state index contributed by atoms with van der Waals surface area (Å²) in [6.45, 7) is 7.95. The molecule has 0 aromatic heterocycles. The van der Waals surface area contributed by atoms with Crippen molar-refractivity contribution < 1.29 is 13.2 Å². The van der Waals surface area contributed by atoms with E-state index in [2.05, 4.69) is 16.1 Å². The van der Waals surface area contributed by atoms with E-state index in [1.165, 1.54) is 11.6 Å². The van der Waals surface area contributed by atoms with Crippen molar-refractivity contribution in [1.29, 1.82) is 0 Å². The lowest BCUT2D eigenvalue weighted by Gasteiger charge is -2.10. The Labute approximate surface area is 161 Å². The monoisotopic (exact) mass is 386 g/mol. The van der Waals surface area contributed by atoms with Crippen LogP contribution in [0.25, 0.3) is 6.08 Å². The lowest BCUT2D eigenvalue weighted by atomic mass is 10.1. The van der Waals surface area contributed by atoms with Gasteiger partial charge >= 0.3 is 0 Å². The molecule has 0 radical (unpaired) electrons. The number of hydrogen-bond acceptors (Lipinski definition) is 3. The predicted octanol–water partition coefficient (Wildman–Crippen LogP) is 3.03. The van der Waals surface area contributed by atoms with Crippen LogP contribution in [-0.4, -0.2) is 27.4 Å². The van der Waals surface area contributed by atoms with Crippen molar-refractivity contribution in [3.63, 3.8) is 0 Å². The number of nitrogens with one attached hydrogen (secondary N) is 2. The Kier molecular flexibility index (Phi) is 6.93. The Morgan fingerprint density at radius 3 is 2.30 bits per heavy atom. The topological polar surface area (TPSA) is 75.3 Å². The van der Waals surface area contributed by atoms with E-state index in [1.54, 1.807) is 25.1 Å². The molecule has 0 aliphatic carbocycles. The molecule has 0 spiro atoms. The summed E-state index contributed by atoms with van der Waals surface area (Å²) < 4.78 is 27.3. The third-order valence-corrected chi connectivity index (χ3v) is 5.79. The standard InChI is InChI=1S/C21H26N2O3S/c1-15-6-8-19(18(4)13-15)9-10-21(24)22-11-12-23-27(25,26)20-14-16(2)5-7-17(20)3/h5-10,13-14,23H,11-12H2,1-4H3,(H,22,24)/b10-9+. The molecule has 2 aromatic rings. The highest BCUT2D eigenvalue weighted by Crippen LogP contribution is 2.16. The molecule has 0 saturated heterocycles. The highest BCUT2D eigenvalue weighted by atomic mass is 32.2. The number of amides is 1. The molecule has 2 N–H and O–H groups in total. The van der Waals surface area contributed by atoms with Gasteiger partial charge in [-0.2, -0.15) is 0 Å². The van der Waals surface area contributed by atoms with Crippen LogP contribution in [-0.2, 0) is 14.8 Å². The summed E-state index contributed by atoms with van der Waals surface area (Å²) in [5.41, 5.74) is 4.82. The molecular formula is C21H26N2O3S. The van der Waals surface area contributed by atoms with Crippen LogP contribution in [0.2, 0.25) is 0 Å². The third-order valence-electron chi connectivity index (χ3n) is 4.19. The molecule has 27 heavy (non-hydrogen) atoms. The summed E-state index contributed by atoms with van der Waals surface area (Å²) in [5.74, 6) is -0.263. The molecule has 2 aromatic carbocycles. The molecule has 0 aliphatic heterocycles. The van der Waals surface area contributed by atoms with Crippen molar-refractivity contribution in [2.45, 2.75) is 32.6 Å². The minimum absolute atomic E-state index is 0.124. The number of sulfonamides is 1. The Morgan fingerprint density at radius 1 is 0.926 bits per heavy atom. The summed E-state index contributed by atoms with van der Waals surface area (Å²) in [6.07, 6.45) is 3.21. The molecule has 0 fully saturated rings. The number of hydrogen-bond donors (Lipinski definition) is 2. The number of benzene rings is 2. The van der Waals surface area contributed by atoms with Gasteiger partial charge in [-0.25, -0.2) is 13.1 Å². The van der Waals surface area contributed by atoms with Crippen LogP contribution in [0.4, 0.5) is 0 Å². The van der Waals surface area contributed by atoms with Gasteiger partial charge in [0.25, 0.3) is 0 Å². The maximum Gasteiger partial charge on any atom is 0.244 e. The maximum atomic E-state index is 12.4. The zero-order chi connectivity index (χ0) is 20.0. The van der Waals surface area contributed by atoms with Gasteiger partial charge in [-0.15, -0.1) is 0 Å². The fourth-order valence-electron chi connectivity index (χ4n) is 2.68. The fraction of sp³-hybridized carbons (Fsp3) is 0.286. The first-order chi connectivity index (χ1) is 12.7. The van der Waals surface area contributed by atoms with Crippen LogP contribution in [0.1, 0.15) is 27.8 Å². The first-order valence-electron chi connectivity index (χ1n) is 8.79. The molecule has 0 atom stereocenters. The van der Waals surface area contributed by atoms with Crippen LogP contribution >= 0.6 is 0 Å². The van der Waals surface area contributed by atoms with Gasteiger partial charge in [0.15, 0.2) is 0 Å². The van der Waals surface area contributed by atoms with Gasteiger partial charge < -0.3 is 5.32 Å². The van der Waals surface area contributed by atoms with Crippen molar-refractivity contribution >= 4 is 22.0 Å². The van der Waals surface area contributed by atoms with Gasteiger partial charge in [-0.05, 0) is 62.1 Å². The number of carbonyl (C=O) groups excluding carboxylic acids is 1. The van der Waals surface area contributed by atoms with Crippen LogP contribution in [0.5, 0.6) is 0 Å². The number of carbonyl (C=O) groups is 1. The Bertz CT molecular complexity index is 963. The molecular weight excluding hydrogens is 360 g/mol. The van der Waals surface area contributed by atoms with E-state index in [-0.39, 0.29) is 23.9 Å². The lowest BCUT2D eigenvalue weighted by Crippen LogP contribution is -2.34. The summed E-state index contributed by atoms with van der Waals surface area (Å²) in [4.78, 5) is 12.2. The van der Waals surface area contributed by atoms with E-state index in [0.29, 0.717) is 5.56 Å². The molecule has 0 unspecified atom stereocenters. The van der Waals surface area contributed by atoms with Gasteiger partial charge in [-0.1, -0.05) is 35.9 Å². The van der Waals surface area contributed by atoms with E-state index in [1.807, 2.05) is 39.0 Å². The Balaban J connectivity index is 1.86. The number of rotatable bonds is 7. The second kappa shape index (κ2) is 8.97. The molecule has 6 heteroatoms. The SMILES string of the molecule is Cc1ccc(/C=C/C(=O)NCCNS(=O)(=O)c2cc(C)ccc2C)c(C)c1. The predicted molar refractivity (Wildman–Crippen MR) is 109 cm³/mol. The minimum atomic E-state index is -3.60. The van der Waals surface area contributed by atoms with Crippen molar-refractivity contribution in [3.05, 3.63) is 70.3 Å². The smallest absolute Gasteiger partial charge is 0.244 e. The van der Waals surface area contributed by atoms with Crippen LogP contribution in [0.3, 0.4) is 0 Å². The van der Waals surface area contributed by atoms with E-state index < -0.39 is 10.0 Å². The van der Waals surface area contributed by atoms with Crippen molar-refractivity contribution in [2.24, 2.45) is 0 Å². The van der Waals surface area contributed by atoms with Gasteiger partial charge in [0, 0.05) is 19.2 Å². The summed E-state index contributed by atoms with van der Waals surface area (Å²) in [7, 11) is -3.60. The molecule has 2 rings (SSSR count). The zero-order valence-electron chi connectivity index (χ0n) is 16.2.